The van der Waals surface area contributed by atoms with Gasteiger partial charge in [-0.15, -0.1) is 0 Å². The van der Waals surface area contributed by atoms with Gasteiger partial charge in [0.25, 0.3) is 5.91 Å². The molecule has 1 aromatic rings. The van der Waals surface area contributed by atoms with Gasteiger partial charge in [0.15, 0.2) is 6.61 Å². The number of carbonyl (C=O) groups is 2. The molecule has 1 atom stereocenters. The Labute approximate surface area is 143 Å². The van der Waals surface area contributed by atoms with E-state index < -0.39 is 5.97 Å². The average molecular weight is 389 g/mol. The fraction of sp³-hybridized carbons (Fsp3) is 0.500. The highest BCUT2D eigenvalue weighted by Gasteiger charge is 2.26. The molecule has 0 aliphatic carbocycles. The van der Waals surface area contributed by atoms with Gasteiger partial charge in [-0.2, -0.15) is 0 Å². The van der Waals surface area contributed by atoms with Gasteiger partial charge in [0.1, 0.15) is 0 Å². The number of hydrogen-bond acceptors (Lipinski definition) is 3. The van der Waals surface area contributed by atoms with Gasteiger partial charge in [-0.1, -0.05) is 34.5 Å². The summed E-state index contributed by atoms with van der Waals surface area (Å²) in [5.74, 6) is -0.712. The Hall–Kier alpha value is -1.07. The van der Waals surface area contributed by atoms with Crippen LogP contribution in [0.1, 0.15) is 43.0 Å². The minimum Gasteiger partial charge on any atom is -0.452 e. The van der Waals surface area contributed by atoms with Gasteiger partial charge in [0.05, 0.1) is 10.6 Å². The van der Waals surface area contributed by atoms with E-state index in [2.05, 4.69) is 22.9 Å². The molecule has 1 saturated heterocycles. The van der Waals surface area contributed by atoms with Gasteiger partial charge in [0.2, 0.25) is 0 Å². The van der Waals surface area contributed by atoms with Crippen molar-refractivity contribution in [3.05, 3.63) is 33.3 Å². The highest BCUT2D eigenvalue weighted by atomic mass is 79.9. The lowest BCUT2D eigenvalue weighted by Gasteiger charge is -2.35. The second-order valence-corrected chi connectivity index (χ2v) is 6.67. The molecule has 0 spiro atoms. The van der Waals surface area contributed by atoms with Crippen LogP contribution in [0.4, 0.5) is 0 Å². The summed E-state index contributed by atoms with van der Waals surface area (Å²) in [6.07, 6.45) is 4.11. The van der Waals surface area contributed by atoms with E-state index in [9.17, 15) is 9.59 Å². The maximum atomic E-state index is 12.3. The van der Waals surface area contributed by atoms with Crippen molar-refractivity contribution in [2.45, 2.75) is 38.6 Å². The Balaban J connectivity index is 1.95. The number of ether oxygens (including phenoxy) is 1. The van der Waals surface area contributed by atoms with E-state index >= 15 is 0 Å². The van der Waals surface area contributed by atoms with Gasteiger partial charge >= 0.3 is 5.97 Å². The Morgan fingerprint density at radius 1 is 1.41 bits per heavy atom. The van der Waals surface area contributed by atoms with Crippen LogP contribution in [0.25, 0.3) is 0 Å². The molecular weight excluding hydrogens is 370 g/mol. The first-order valence-corrected chi connectivity index (χ1v) is 8.61. The number of amides is 1. The summed E-state index contributed by atoms with van der Waals surface area (Å²) in [4.78, 5) is 26.2. The molecule has 1 amide bonds. The third-order valence-electron chi connectivity index (χ3n) is 3.89. The van der Waals surface area contributed by atoms with Gasteiger partial charge in [-0.3, -0.25) is 4.79 Å². The minimum atomic E-state index is -0.579. The molecule has 1 heterocycles. The van der Waals surface area contributed by atoms with Gasteiger partial charge in [0, 0.05) is 17.1 Å². The predicted molar refractivity (Wildman–Crippen MR) is 89.1 cm³/mol. The van der Waals surface area contributed by atoms with Crippen LogP contribution in [0.15, 0.2) is 22.7 Å². The summed E-state index contributed by atoms with van der Waals surface area (Å²) in [6, 6.07) is 5.20. The van der Waals surface area contributed by atoms with Crippen LogP contribution in [0.3, 0.4) is 0 Å². The van der Waals surface area contributed by atoms with E-state index in [1.165, 1.54) is 0 Å². The molecule has 1 fully saturated rings. The zero-order chi connectivity index (χ0) is 16.1. The maximum Gasteiger partial charge on any atom is 0.340 e. The average Bonchev–Trinajstić information content (AvgIpc) is 2.54. The number of benzene rings is 1. The minimum absolute atomic E-state index is 0.133. The van der Waals surface area contributed by atoms with Crippen LogP contribution in [0.2, 0.25) is 5.02 Å². The van der Waals surface area contributed by atoms with Crippen molar-refractivity contribution in [3.8, 4) is 0 Å². The van der Waals surface area contributed by atoms with E-state index in [0.29, 0.717) is 5.02 Å². The molecule has 0 saturated carbocycles. The van der Waals surface area contributed by atoms with E-state index in [0.717, 1.165) is 36.7 Å². The molecule has 0 unspecified atom stereocenters. The van der Waals surface area contributed by atoms with Gasteiger partial charge in [-0.05, 0) is 43.9 Å². The first kappa shape index (κ1) is 17.3. The van der Waals surface area contributed by atoms with Crippen molar-refractivity contribution in [3.63, 3.8) is 0 Å². The van der Waals surface area contributed by atoms with E-state index in [1.54, 1.807) is 18.2 Å². The highest BCUT2D eigenvalue weighted by molar-refractivity contribution is 9.10. The first-order chi connectivity index (χ1) is 10.5. The van der Waals surface area contributed by atoms with Crippen LogP contribution in [-0.2, 0) is 9.53 Å². The highest BCUT2D eigenvalue weighted by Crippen LogP contribution is 2.22. The number of likely N-dealkylation sites (tertiary alicyclic amines) is 1. The lowest BCUT2D eigenvalue weighted by Crippen LogP contribution is -2.45. The quantitative estimate of drug-likeness (QED) is 0.731. The number of hydrogen-bond donors (Lipinski definition) is 0. The summed E-state index contributed by atoms with van der Waals surface area (Å²) in [6.45, 7) is 2.58. The Bertz CT molecular complexity index is 564. The third-order valence-corrected chi connectivity index (χ3v) is 4.72. The van der Waals surface area contributed by atoms with E-state index in [1.807, 2.05) is 4.90 Å². The van der Waals surface area contributed by atoms with Crippen molar-refractivity contribution in [1.82, 2.24) is 4.90 Å². The summed E-state index contributed by atoms with van der Waals surface area (Å²) in [5.41, 5.74) is 0.259. The number of nitrogens with zero attached hydrogens (tertiary/aromatic N) is 1. The molecule has 0 bridgehead atoms. The Kier molecular flexibility index (Phi) is 6.26. The molecule has 6 heteroatoms. The largest absolute Gasteiger partial charge is 0.452 e. The SMILES string of the molecule is CC[C@H]1CCCCN1C(=O)COC(=O)c1cc(Br)ccc1Cl. The number of carbonyl (C=O) groups excluding carboxylic acids is 2. The topological polar surface area (TPSA) is 46.6 Å². The fourth-order valence-electron chi connectivity index (χ4n) is 2.70. The molecule has 22 heavy (non-hydrogen) atoms. The predicted octanol–water partition coefficient (Wildman–Crippen LogP) is 4.05. The lowest BCUT2D eigenvalue weighted by atomic mass is 10.00. The van der Waals surface area contributed by atoms with Crippen LogP contribution < -0.4 is 0 Å². The number of rotatable bonds is 4. The van der Waals surface area contributed by atoms with E-state index in [-0.39, 0.29) is 24.1 Å². The normalized spacial score (nSPS) is 18.1. The molecular formula is C16H19BrClNO3. The number of halogens is 2. The Morgan fingerprint density at radius 2 is 2.18 bits per heavy atom. The second kappa shape index (κ2) is 7.97. The van der Waals surface area contributed by atoms with Crippen molar-refractivity contribution in [1.29, 1.82) is 0 Å². The fourth-order valence-corrected chi connectivity index (χ4v) is 3.25. The molecule has 0 radical (unpaired) electrons. The van der Waals surface area contributed by atoms with Crippen molar-refractivity contribution in [2.24, 2.45) is 0 Å². The molecule has 4 nitrogen and oxygen atoms in total. The molecule has 0 aromatic heterocycles. The van der Waals surface area contributed by atoms with Crippen LogP contribution in [0, 0.1) is 0 Å². The molecule has 1 aliphatic rings. The first-order valence-electron chi connectivity index (χ1n) is 7.44. The van der Waals surface area contributed by atoms with Crippen molar-refractivity contribution < 1.29 is 14.3 Å². The molecule has 120 valence electrons. The molecule has 0 N–H and O–H groups in total. The third kappa shape index (κ3) is 4.23. The summed E-state index contributed by atoms with van der Waals surface area (Å²) in [5, 5.41) is 0.310. The summed E-state index contributed by atoms with van der Waals surface area (Å²) < 4.78 is 5.87. The number of esters is 1. The molecule has 1 aromatic carbocycles. The van der Waals surface area contributed by atoms with Crippen LogP contribution in [-0.4, -0.2) is 36.0 Å². The van der Waals surface area contributed by atoms with Gasteiger partial charge in [-0.25, -0.2) is 4.79 Å². The Morgan fingerprint density at radius 3 is 2.91 bits per heavy atom. The maximum absolute atomic E-state index is 12.3. The van der Waals surface area contributed by atoms with Crippen molar-refractivity contribution in [2.75, 3.05) is 13.2 Å². The second-order valence-electron chi connectivity index (χ2n) is 5.35. The zero-order valence-electron chi connectivity index (χ0n) is 12.5. The van der Waals surface area contributed by atoms with Crippen molar-refractivity contribution >= 4 is 39.4 Å². The lowest BCUT2D eigenvalue weighted by molar-refractivity contribution is -0.138. The molecule has 1 aliphatic heterocycles. The van der Waals surface area contributed by atoms with E-state index in [4.69, 9.17) is 16.3 Å². The smallest absolute Gasteiger partial charge is 0.340 e. The zero-order valence-corrected chi connectivity index (χ0v) is 14.8. The van der Waals surface area contributed by atoms with Gasteiger partial charge < -0.3 is 9.64 Å². The summed E-state index contributed by atoms with van der Waals surface area (Å²) >= 11 is 9.27. The summed E-state index contributed by atoms with van der Waals surface area (Å²) in [7, 11) is 0. The monoisotopic (exact) mass is 387 g/mol. The standard InChI is InChI=1S/C16H19BrClNO3/c1-2-12-5-3-4-8-19(12)15(20)10-22-16(21)13-9-11(17)6-7-14(13)18/h6-7,9,12H,2-5,8,10H2,1H3/t12-/m0/s1. The molecule has 2 rings (SSSR count). The number of piperidine rings is 1. The van der Waals surface area contributed by atoms with Crippen LogP contribution >= 0.6 is 27.5 Å². The van der Waals surface area contributed by atoms with Crippen LogP contribution in [0.5, 0.6) is 0 Å².